The molecule has 0 spiro atoms. The minimum atomic E-state index is -1.06. The van der Waals surface area contributed by atoms with Gasteiger partial charge in [-0.25, -0.2) is 4.79 Å². The van der Waals surface area contributed by atoms with E-state index in [0.29, 0.717) is 24.2 Å². The van der Waals surface area contributed by atoms with Crippen molar-refractivity contribution in [2.75, 3.05) is 0 Å². The molecule has 1 N–H and O–H groups in total. The number of carboxylic acid groups (broad SMARTS) is 1. The van der Waals surface area contributed by atoms with Crippen LogP contribution in [0.15, 0.2) is 24.3 Å². The van der Waals surface area contributed by atoms with E-state index >= 15 is 0 Å². The van der Waals surface area contributed by atoms with Crippen LogP contribution in [0.1, 0.15) is 43.2 Å². The van der Waals surface area contributed by atoms with Crippen LogP contribution in [0.5, 0.6) is 0 Å². The maximum absolute atomic E-state index is 11.3. The van der Waals surface area contributed by atoms with Crippen LogP contribution in [-0.4, -0.2) is 21.9 Å². The van der Waals surface area contributed by atoms with Crippen molar-refractivity contribution in [1.29, 1.82) is 0 Å². The summed E-state index contributed by atoms with van der Waals surface area (Å²) in [4.78, 5) is 22.4. The molecule has 2 rings (SSSR count). The second kappa shape index (κ2) is 5.33. The topological polar surface area (TPSA) is 59.3 Å². The van der Waals surface area contributed by atoms with Crippen molar-refractivity contribution in [3.05, 3.63) is 57.9 Å². The van der Waals surface area contributed by atoms with E-state index in [4.69, 9.17) is 0 Å². The highest BCUT2D eigenvalue weighted by Gasteiger charge is 2.22. The first-order chi connectivity index (χ1) is 9.45. The summed E-state index contributed by atoms with van der Waals surface area (Å²) in [5, 5.41) is 9.25. The van der Waals surface area contributed by atoms with Gasteiger partial charge in [0, 0.05) is 23.5 Å². The Hall–Kier alpha value is -2.36. The van der Waals surface area contributed by atoms with E-state index in [1.807, 2.05) is 29.7 Å². The van der Waals surface area contributed by atoms with E-state index in [1.54, 1.807) is 13.8 Å². The number of aromatic carboxylic acids is 1. The Balaban J connectivity index is 2.52. The quantitative estimate of drug-likeness (QED) is 0.870. The number of rotatable bonds is 4. The molecule has 0 aliphatic carbocycles. The first-order valence-corrected chi connectivity index (χ1v) is 6.39. The van der Waals surface area contributed by atoms with Crippen molar-refractivity contribution < 1.29 is 14.7 Å². The van der Waals surface area contributed by atoms with Gasteiger partial charge in [-0.05, 0) is 26.3 Å². The standard InChI is InChI=1S/C16H17NO3/c1-10-5-4-6-13(7-10)8-17-11(2)14(9-18)15(12(17)3)16(19)20/h4-7,9H,8H2,1-3H3,(H,19,20). The number of aromatic nitrogens is 1. The molecule has 4 nitrogen and oxygen atoms in total. The molecule has 0 aliphatic rings. The highest BCUT2D eigenvalue weighted by atomic mass is 16.4. The summed E-state index contributed by atoms with van der Waals surface area (Å²) in [7, 11) is 0. The van der Waals surface area contributed by atoms with Crippen LogP contribution >= 0.6 is 0 Å². The van der Waals surface area contributed by atoms with Crippen LogP contribution in [0.25, 0.3) is 0 Å². The van der Waals surface area contributed by atoms with Crippen LogP contribution in [0.2, 0.25) is 0 Å². The molecule has 1 aromatic carbocycles. The lowest BCUT2D eigenvalue weighted by Gasteiger charge is -2.10. The number of hydrogen-bond acceptors (Lipinski definition) is 2. The van der Waals surface area contributed by atoms with Crippen LogP contribution in [0.3, 0.4) is 0 Å². The van der Waals surface area contributed by atoms with Crippen LogP contribution < -0.4 is 0 Å². The molecule has 0 unspecified atom stereocenters. The van der Waals surface area contributed by atoms with Crippen LogP contribution in [0, 0.1) is 20.8 Å². The highest BCUT2D eigenvalue weighted by Crippen LogP contribution is 2.22. The summed E-state index contributed by atoms with van der Waals surface area (Å²) >= 11 is 0. The predicted octanol–water partition coefficient (Wildman–Crippen LogP) is 2.97. The Bertz CT molecular complexity index is 683. The van der Waals surface area contributed by atoms with Gasteiger partial charge in [0.25, 0.3) is 0 Å². The molecule has 2 aromatic rings. The Kier molecular flexibility index (Phi) is 3.74. The highest BCUT2D eigenvalue weighted by molar-refractivity contribution is 5.99. The molecule has 1 heterocycles. The molecular formula is C16H17NO3. The minimum Gasteiger partial charge on any atom is -0.478 e. The molecule has 1 aromatic heterocycles. The van der Waals surface area contributed by atoms with E-state index in [0.717, 1.165) is 11.1 Å². The van der Waals surface area contributed by atoms with Crippen molar-refractivity contribution in [3.63, 3.8) is 0 Å². The third-order valence-corrected chi connectivity index (χ3v) is 3.59. The van der Waals surface area contributed by atoms with Crippen molar-refractivity contribution >= 4 is 12.3 Å². The summed E-state index contributed by atoms with van der Waals surface area (Å²) in [6, 6.07) is 8.03. The number of benzene rings is 1. The molecule has 0 bridgehead atoms. The van der Waals surface area contributed by atoms with Gasteiger partial charge in [0.15, 0.2) is 6.29 Å². The van der Waals surface area contributed by atoms with Gasteiger partial charge in [0.1, 0.15) is 0 Å². The molecule has 0 aliphatic heterocycles. The van der Waals surface area contributed by atoms with E-state index in [-0.39, 0.29) is 11.1 Å². The smallest absolute Gasteiger partial charge is 0.338 e. The van der Waals surface area contributed by atoms with E-state index in [2.05, 4.69) is 6.07 Å². The number of carbonyl (C=O) groups is 2. The second-order valence-electron chi connectivity index (χ2n) is 4.96. The van der Waals surface area contributed by atoms with E-state index in [1.165, 1.54) is 0 Å². The number of carbonyl (C=O) groups excluding carboxylic acids is 1. The normalized spacial score (nSPS) is 10.6. The van der Waals surface area contributed by atoms with Gasteiger partial charge in [-0.2, -0.15) is 0 Å². The van der Waals surface area contributed by atoms with Gasteiger partial charge in [-0.15, -0.1) is 0 Å². The van der Waals surface area contributed by atoms with E-state index < -0.39 is 5.97 Å². The molecular weight excluding hydrogens is 254 g/mol. The van der Waals surface area contributed by atoms with Crippen molar-refractivity contribution in [2.24, 2.45) is 0 Å². The number of aldehydes is 1. The third-order valence-electron chi connectivity index (χ3n) is 3.59. The fraction of sp³-hybridized carbons (Fsp3) is 0.250. The molecule has 0 saturated carbocycles. The summed E-state index contributed by atoms with van der Waals surface area (Å²) in [5.74, 6) is -1.06. The average Bonchev–Trinajstić information content (AvgIpc) is 2.62. The number of nitrogens with zero attached hydrogens (tertiary/aromatic N) is 1. The number of aryl methyl sites for hydroxylation is 1. The monoisotopic (exact) mass is 271 g/mol. The minimum absolute atomic E-state index is 0.102. The van der Waals surface area contributed by atoms with Gasteiger partial charge in [0.05, 0.1) is 5.56 Å². The molecule has 4 heteroatoms. The zero-order chi connectivity index (χ0) is 14.9. The van der Waals surface area contributed by atoms with Gasteiger partial charge < -0.3 is 9.67 Å². The van der Waals surface area contributed by atoms with Gasteiger partial charge >= 0.3 is 5.97 Å². The van der Waals surface area contributed by atoms with Gasteiger partial charge in [-0.3, -0.25) is 4.79 Å². The van der Waals surface area contributed by atoms with E-state index in [9.17, 15) is 14.7 Å². The Labute approximate surface area is 117 Å². The molecule has 0 saturated heterocycles. The SMILES string of the molecule is Cc1cccc(Cn2c(C)c(C=O)c(C(=O)O)c2C)c1. The fourth-order valence-electron chi connectivity index (χ4n) is 2.55. The van der Waals surface area contributed by atoms with Crippen molar-refractivity contribution in [3.8, 4) is 0 Å². The maximum atomic E-state index is 11.3. The zero-order valence-electron chi connectivity index (χ0n) is 11.8. The third kappa shape index (κ3) is 2.37. The van der Waals surface area contributed by atoms with Crippen LogP contribution in [0.4, 0.5) is 0 Å². The summed E-state index contributed by atoms with van der Waals surface area (Å²) < 4.78 is 1.88. The molecule has 104 valence electrons. The zero-order valence-corrected chi connectivity index (χ0v) is 11.8. The molecule has 0 fully saturated rings. The Morgan fingerprint density at radius 1 is 1.25 bits per heavy atom. The largest absolute Gasteiger partial charge is 0.478 e. The summed E-state index contributed by atoms with van der Waals surface area (Å²) in [5.41, 5.74) is 3.91. The lowest BCUT2D eigenvalue weighted by Crippen LogP contribution is -2.06. The molecule has 0 radical (unpaired) electrons. The first-order valence-electron chi connectivity index (χ1n) is 6.39. The van der Waals surface area contributed by atoms with Gasteiger partial charge in [-0.1, -0.05) is 29.8 Å². The average molecular weight is 271 g/mol. The lowest BCUT2D eigenvalue weighted by atomic mass is 10.1. The summed E-state index contributed by atoms with van der Waals surface area (Å²) in [6.07, 6.45) is 0.624. The Morgan fingerprint density at radius 2 is 1.95 bits per heavy atom. The van der Waals surface area contributed by atoms with Gasteiger partial charge in [0.2, 0.25) is 0 Å². The number of carboxylic acids is 1. The summed E-state index contributed by atoms with van der Waals surface area (Å²) in [6.45, 7) is 6.09. The molecule has 0 atom stereocenters. The molecule has 20 heavy (non-hydrogen) atoms. The predicted molar refractivity (Wildman–Crippen MR) is 76.5 cm³/mol. The number of hydrogen-bond donors (Lipinski definition) is 1. The van der Waals surface area contributed by atoms with Crippen molar-refractivity contribution in [1.82, 2.24) is 4.57 Å². The second-order valence-corrected chi connectivity index (χ2v) is 4.96. The maximum Gasteiger partial charge on any atom is 0.338 e. The van der Waals surface area contributed by atoms with Crippen molar-refractivity contribution in [2.45, 2.75) is 27.3 Å². The molecule has 0 amide bonds. The first kappa shape index (κ1) is 14.1. The fourth-order valence-corrected chi connectivity index (χ4v) is 2.55. The Morgan fingerprint density at radius 3 is 2.45 bits per heavy atom. The lowest BCUT2D eigenvalue weighted by molar-refractivity contribution is 0.0693. The van der Waals surface area contributed by atoms with Crippen LogP contribution in [-0.2, 0) is 6.54 Å².